The Hall–Kier alpha value is 0.940. The molecular formula is C10H14I2. The molecule has 0 N–H and O–H groups in total. The molecule has 0 saturated heterocycles. The van der Waals surface area contributed by atoms with E-state index in [1.165, 1.54) is 10.0 Å². The van der Waals surface area contributed by atoms with Gasteiger partial charge in [-0.3, -0.25) is 0 Å². The minimum atomic E-state index is 0.721. The van der Waals surface area contributed by atoms with Crippen LogP contribution in [0.3, 0.4) is 0 Å². The van der Waals surface area contributed by atoms with E-state index in [-0.39, 0.29) is 0 Å². The van der Waals surface area contributed by atoms with Gasteiger partial charge in [0.1, 0.15) is 0 Å². The lowest BCUT2D eigenvalue weighted by atomic mass is 9.87. The van der Waals surface area contributed by atoms with Gasteiger partial charge in [-0.25, -0.2) is 0 Å². The largest absolute Gasteiger partial charge is 0.0829 e. The molecule has 68 valence electrons. The summed E-state index contributed by atoms with van der Waals surface area (Å²) in [5.74, 6) is 1.48. The average Bonchev–Trinajstić information content (AvgIpc) is 1.94. The maximum Gasteiger partial charge on any atom is 0.00898 e. The lowest BCUT2D eigenvalue weighted by molar-refractivity contribution is 0.476. The molecule has 0 fully saturated rings. The lowest BCUT2D eigenvalue weighted by Crippen LogP contribution is -2.13. The van der Waals surface area contributed by atoms with Gasteiger partial charge in [0.05, 0.1) is 0 Å². The third-order valence-electron chi connectivity index (χ3n) is 2.20. The van der Waals surface area contributed by atoms with Crippen molar-refractivity contribution in [2.75, 3.05) is 0 Å². The normalized spacial score (nSPS) is 31.5. The van der Waals surface area contributed by atoms with Gasteiger partial charge in [0.2, 0.25) is 0 Å². The molecule has 0 bridgehead atoms. The fourth-order valence-electron chi connectivity index (χ4n) is 1.49. The molecule has 0 radical (unpaired) electrons. The molecule has 0 aromatic rings. The third-order valence-corrected chi connectivity index (χ3v) is 3.42. The van der Waals surface area contributed by atoms with Crippen molar-refractivity contribution >= 4 is 45.2 Å². The Morgan fingerprint density at radius 1 is 1.58 bits per heavy atom. The molecular weight excluding hydrogens is 374 g/mol. The summed E-state index contributed by atoms with van der Waals surface area (Å²) in [6, 6.07) is 0. The van der Waals surface area contributed by atoms with Crippen molar-refractivity contribution in [2.45, 2.75) is 24.2 Å². The zero-order valence-corrected chi connectivity index (χ0v) is 11.7. The van der Waals surface area contributed by atoms with Crippen LogP contribution in [-0.2, 0) is 0 Å². The molecule has 0 amide bonds. The summed E-state index contributed by atoms with van der Waals surface area (Å²) in [6.07, 6.45) is 8.27. The Kier molecular flexibility index (Phi) is 4.57. The number of allylic oxidation sites excluding steroid dienone is 4. The Morgan fingerprint density at radius 3 is 2.75 bits per heavy atom. The first-order chi connectivity index (χ1) is 5.59. The van der Waals surface area contributed by atoms with Crippen molar-refractivity contribution in [3.63, 3.8) is 0 Å². The van der Waals surface area contributed by atoms with Gasteiger partial charge in [0, 0.05) is 7.50 Å². The minimum Gasteiger partial charge on any atom is -0.0829 e. The van der Waals surface area contributed by atoms with Gasteiger partial charge >= 0.3 is 0 Å². The average molecular weight is 388 g/mol. The van der Waals surface area contributed by atoms with Crippen LogP contribution >= 0.6 is 45.2 Å². The molecule has 0 nitrogen and oxygen atoms in total. The Balaban J connectivity index is 2.54. The first kappa shape index (κ1) is 11.0. The summed E-state index contributed by atoms with van der Waals surface area (Å²) < 4.78 is 2.17. The van der Waals surface area contributed by atoms with Crippen LogP contribution in [0.1, 0.15) is 20.3 Å². The van der Waals surface area contributed by atoms with E-state index in [2.05, 4.69) is 77.3 Å². The van der Waals surface area contributed by atoms with Crippen LogP contribution in [0.5, 0.6) is 0 Å². The monoisotopic (exact) mass is 388 g/mol. The highest BCUT2D eigenvalue weighted by atomic mass is 127. The zero-order chi connectivity index (χ0) is 9.14. The van der Waals surface area contributed by atoms with E-state index in [9.17, 15) is 0 Å². The maximum absolute atomic E-state index is 2.50. The van der Waals surface area contributed by atoms with Crippen molar-refractivity contribution in [1.29, 1.82) is 0 Å². The molecule has 0 aromatic carbocycles. The molecule has 1 aliphatic carbocycles. The van der Waals surface area contributed by atoms with Crippen LogP contribution in [0, 0.1) is 11.8 Å². The first-order valence-corrected chi connectivity index (χ1v) is 6.61. The van der Waals surface area contributed by atoms with Crippen LogP contribution < -0.4 is 0 Å². The second-order valence-corrected chi connectivity index (χ2v) is 6.82. The van der Waals surface area contributed by atoms with Crippen LogP contribution in [0.25, 0.3) is 0 Å². The van der Waals surface area contributed by atoms with Crippen LogP contribution in [0.2, 0.25) is 0 Å². The number of hydrogen-bond donors (Lipinski definition) is 0. The van der Waals surface area contributed by atoms with Crippen molar-refractivity contribution in [2.24, 2.45) is 11.8 Å². The smallest absolute Gasteiger partial charge is 0.00898 e. The highest BCUT2D eigenvalue weighted by molar-refractivity contribution is 14.1. The van der Waals surface area contributed by atoms with E-state index in [1.54, 1.807) is 0 Å². The van der Waals surface area contributed by atoms with E-state index in [0.29, 0.717) is 0 Å². The Labute approximate surface area is 102 Å². The standard InChI is InChI=1S/C10H14I2/c1-7-5-10(12)4-3-9(7)6-8(2)11/h3-5,7-9H,6H2,1-2H3/t7-,8-,9?/m0/s1. The van der Waals surface area contributed by atoms with Crippen molar-refractivity contribution in [3.05, 3.63) is 21.8 Å². The molecule has 1 aliphatic rings. The van der Waals surface area contributed by atoms with E-state index in [0.717, 1.165) is 15.8 Å². The maximum atomic E-state index is 2.50. The molecule has 1 unspecified atom stereocenters. The SMILES string of the molecule is C[C@H](I)CC1C=CC(I)=C[C@@H]1C. The molecule has 0 saturated carbocycles. The Bertz CT molecular complexity index is 204. The van der Waals surface area contributed by atoms with E-state index in [4.69, 9.17) is 0 Å². The van der Waals surface area contributed by atoms with E-state index < -0.39 is 0 Å². The molecule has 3 atom stereocenters. The number of alkyl halides is 1. The van der Waals surface area contributed by atoms with Crippen LogP contribution in [0.15, 0.2) is 21.8 Å². The van der Waals surface area contributed by atoms with Gasteiger partial charge in [-0.05, 0) is 40.8 Å². The summed E-state index contributed by atoms with van der Waals surface area (Å²) in [6.45, 7) is 4.59. The number of halogens is 2. The van der Waals surface area contributed by atoms with E-state index in [1.807, 2.05) is 0 Å². The zero-order valence-electron chi connectivity index (χ0n) is 7.43. The van der Waals surface area contributed by atoms with Gasteiger partial charge in [0.25, 0.3) is 0 Å². The second-order valence-electron chi connectivity index (χ2n) is 3.45. The van der Waals surface area contributed by atoms with Gasteiger partial charge in [-0.1, -0.05) is 54.7 Å². The number of rotatable bonds is 2. The van der Waals surface area contributed by atoms with Gasteiger partial charge < -0.3 is 0 Å². The van der Waals surface area contributed by atoms with Gasteiger partial charge in [-0.2, -0.15) is 0 Å². The van der Waals surface area contributed by atoms with Crippen LogP contribution in [-0.4, -0.2) is 3.92 Å². The van der Waals surface area contributed by atoms with Crippen molar-refractivity contribution in [3.8, 4) is 0 Å². The highest BCUT2D eigenvalue weighted by Gasteiger charge is 2.17. The molecule has 0 aromatic heterocycles. The lowest BCUT2D eigenvalue weighted by Gasteiger charge is -2.22. The van der Waals surface area contributed by atoms with Crippen LogP contribution in [0.4, 0.5) is 0 Å². The van der Waals surface area contributed by atoms with Gasteiger partial charge in [-0.15, -0.1) is 0 Å². The topological polar surface area (TPSA) is 0 Å². The number of hydrogen-bond acceptors (Lipinski definition) is 0. The summed E-state index contributed by atoms with van der Waals surface area (Å²) in [4.78, 5) is 0. The first-order valence-electron chi connectivity index (χ1n) is 4.29. The van der Waals surface area contributed by atoms with Crippen molar-refractivity contribution < 1.29 is 0 Å². The minimum absolute atomic E-state index is 0.721. The summed E-state index contributed by atoms with van der Waals surface area (Å²) in [7, 11) is 0. The third kappa shape index (κ3) is 3.36. The highest BCUT2D eigenvalue weighted by Crippen LogP contribution is 2.30. The fourth-order valence-corrected chi connectivity index (χ4v) is 2.85. The summed E-state index contributed by atoms with van der Waals surface area (Å²) >= 11 is 4.89. The molecule has 0 spiro atoms. The van der Waals surface area contributed by atoms with Gasteiger partial charge in [0.15, 0.2) is 0 Å². The van der Waals surface area contributed by atoms with E-state index >= 15 is 0 Å². The fraction of sp³-hybridized carbons (Fsp3) is 0.600. The van der Waals surface area contributed by atoms with Crippen molar-refractivity contribution in [1.82, 2.24) is 0 Å². The summed E-state index contributed by atoms with van der Waals surface area (Å²) in [5.41, 5.74) is 0. The Morgan fingerprint density at radius 2 is 2.25 bits per heavy atom. The molecule has 0 heterocycles. The summed E-state index contributed by atoms with van der Waals surface area (Å²) in [5, 5.41) is 0. The molecule has 0 aliphatic heterocycles. The molecule has 12 heavy (non-hydrogen) atoms. The quantitative estimate of drug-likeness (QED) is 0.488. The predicted octanol–water partition coefficient (Wildman–Crippen LogP) is 4.34. The predicted molar refractivity (Wildman–Crippen MR) is 72.0 cm³/mol. The molecule has 2 heteroatoms. The molecule has 1 rings (SSSR count). The second kappa shape index (κ2) is 4.98.